The number of esters is 1. The molecule has 1 aromatic rings. The van der Waals surface area contributed by atoms with E-state index < -0.39 is 5.41 Å². The molecule has 5 heteroatoms. The van der Waals surface area contributed by atoms with Crippen LogP contribution in [-0.4, -0.2) is 35.9 Å². The van der Waals surface area contributed by atoms with E-state index in [1.54, 1.807) is 6.20 Å². The number of carbonyl (C=O) groups is 1. The first-order valence-electron chi connectivity index (χ1n) is 6.37. The van der Waals surface area contributed by atoms with Gasteiger partial charge in [-0.05, 0) is 43.5 Å². The summed E-state index contributed by atoms with van der Waals surface area (Å²) >= 11 is 0. The maximum Gasteiger partial charge on any atom is 0.317 e. The molecule has 3 rings (SSSR count). The van der Waals surface area contributed by atoms with E-state index in [0.29, 0.717) is 19.6 Å². The van der Waals surface area contributed by atoms with Gasteiger partial charge in [-0.3, -0.25) is 9.89 Å². The maximum absolute atomic E-state index is 12.4. The second-order valence-corrected chi connectivity index (χ2v) is 4.88. The minimum atomic E-state index is -0.523. The van der Waals surface area contributed by atoms with Crippen LogP contribution in [0.3, 0.4) is 0 Å². The van der Waals surface area contributed by atoms with Gasteiger partial charge in [0.25, 0.3) is 0 Å². The molecule has 18 heavy (non-hydrogen) atoms. The molecule has 2 N–H and O–H groups in total. The topological polar surface area (TPSA) is 67.0 Å². The van der Waals surface area contributed by atoms with Crippen molar-refractivity contribution in [1.82, 2.24) is 15.5 Å². The van der Waals surface area contributed by atoms with E-state index in [4.69, 9.17) is 4.74 Å². The lowest BCUT2D eigenvalue weighted by molar-refractivity contribution is -0.153. The first-order valence-corrected chi connectivity index (χ1v) is 6.37. The van der Waals surface area contributed by atoms with Crippen LogP contribution in [0.2, 0.25) is 0 Å². The van der Waals surface area contributed by atoms with E-state index in [2.05, 4.69) is 21.6 Å². The average molecular weight is 247 g/mol. The van der Waals surface area contributed by atoms with Gasteiger partial charge in [0.05, 0.1) is 18.5 Å². The number of nitrogens with one attached hydrogen (secondary N) is 2. The molecule has 0 amide bonds. The van der Waals surface area contributed by atoms with Crippen LogP contribution in [0.1, 0.15) is 24.6 Å². The van der Waals surface area contributed by atoms with Crippen LogP contribution in [0.15, 0.2) is 11.8 Å². The van der Waals surface area contributed by atoms with Crippen molar-refractivity contribution in [2.24, 2.45) is 5.41 Å². The van der Waals surface area contributed by atoms with Crippen LogP contribution in [-0.2, 0) is 16.0 Å². The number of carbonyl (C=O) groups excluding carboxylic acids is 1. The predicted molar refractivity (Wildman–Crippen MR) is 66.8 cm³/mol. The highest BCUT2D eigenvalue weighted by molar-refractivity contribution is 5.85. The fraction of sp³-hybridized carbons (Fsp3) is 0.538. The van der Waals surface area contributed by atoms with Crippen LogP contribution in [0.4, 0.5) is 0 Å². The van der Waals surface area contributed by atoms with Crippen molar-refractivity contribution in [3.63, 3.8) is 0 Å². The Morgan fingerprint density at radius 1 is 1.61 bits per heavy atom. The summed E-state index contributed by atoms with van der Waals surface area (Å²) in [6.45, 7) is 3.84. The van der Waals surface area contributed by atoms with Crippen molar-refractivity contribution in [2.45, 2.75) is 19.8 Å². The molecule has 5 nitrogen and oxygen atoms in total. The molecule has 0 saturated carbocycles. The lowest BCUT2D eigenvalue weighted by atomic mass is 9.69. The van der Waals surface area contributed by atoms with E-state index in [9.17, 15) is 4.79 Å². The van der Waals surface area contributed by atoms with E-state index >= 15 is 0 Å². The largest absolute Gasteiger partial charge is 0.465 e. The number of piperidine rings is 1. The van der Waals surface area contributed by atoms with Gasteiger partial charge in [-0.25, -0.2) is 0 Å². The van der Waals surface area contributed by atoms with E-state index in [1.807, 2.05) is 6.92 Å². The monoisotopic (exact) mass is 247 g/mol. The van der Waals surface area contributed by atoms with Crippen LogP contribution in [0.5, 0.6) is 0 Å². The Balaban J connectivity index is 2.03. The standard InChI is InChI=1S/C13H17N3O2/c1-2-18-12(17)13-6-9-7-15-16-11(9)5-10(13)3-4-14-8-13/h5,7,14H,2-4,6,8H2,1H3,(H,15,16). The summed E-state index contributed by atoms with van der Waals surface area (Å²) in [5.41, 5.74) is 2.77. The van der Waals surface area contributed by atoms with Gasteiger partial charge in [0.1, 0.15) is 5.41 Å². The highest BCUT2D eigenvalue weighted by Crippen LogP contribution is 2.42. The molecule has 1 aliphatic heterocycles. The third kappa shape index (κ3) is 1.58. The molecule has 1 aromatic heterocycles. The molecule has 0 bridgehead atoms. The van der Waals surface area contributed by atoms with Crippen molar-refractivity contribution in [3.05, 3.63) is 23.0 Å². The lowest BCUT2D eigenvalue weighted by Gasteiger charge is -2.39. The number of hydrogen-bond donors (Lipinski definition) is 2. The SMILES string of the molecule is CCOC(=O)C12CNCCC1=Cc1[nH]ncc1C2. The molecule has 1 aliphatic carbocycles. The number of hydrogen-bond acceptors (Lipinski definition) is 4. The van der Waals surface area contributed by atoms with E-state index in [1.165, 1.54) is 0 Å². The molecule has 0 aromatic carbocycles. The summed E-state index contributed by atoms with van der Waals surface area (Å²) < 4.78 is 5.28. The first kappa shape index (κ1) is 11.5. The maximum atomic E-state index is 12.4. The van der Waals surface area contributed by atoms with Crippen LogP contribution >= 0.6 is 0 Å². The Kier molecular flexibility index (Phi) is 2.70. The molecular formula is C13H17N3O2. The molecule has 2 heterocycles. The third-order valence-corrected chi connectivity index (χ3v) is 3.84. The minimum Gasteiger partial charge on any atom is -0.465 e. The summed E-state index contributed by atoms with van der Waals surface area (Å²) in [4.78, 5) is 12.4. The zero-order chi connectivity index (χ0) is 12.6. The second kappa shape index (κ2) is 4.24. The Bertz CT molecular complexity index is 506. The van der Waals surface area contributed by atoms with E-state index in [-0.39, 0.29) is 5.97 Å². The number of aromatic amines is 1. The molecule has 1 atom stereocenters. The fourth-order valence-corrected chi connectivity index (χ4v) is 2.89. The van der Waals surface area contributed by atoms with Gasteiger partial charge in [0.2, 0.25) is 0 Å². The first-order chi connectivity index (χ1) is 8.76. The van der Waals surface area contributed by atoms with Gasteiger partial charge in [-0.1, -0.05) is 0 Å². The van der Waals surface area contributed by atoms with Gasteiger partial charge in [-0.15, -0.1) is 0 Å². The number of nitrogens with zero attached hydrogens (tertiary/aromatic N) is 1. The summed E-state index contributed by atoms with van der Waals surface area (Å²) in [6.07, 6.45) is 5.44. The van der Waals surface area contributed by atoms with Gasteiger partial charge >= 0.3 is 5.97 Å². The molecule has 1 fully saturated rings. The van der Waals surface area contributed by atoms with Crippen LogP contribution in [0, 0.1) is 5.41 Å². The fourth-order valence-electron chi connectivity index (χ4n) is 2.89. The number of H-pyrrole nitrogens is 1. The number of rotatable bonds is 2. The summed E-state index contributed by atoms with van der Waals surface area (Å²) in [6, 6.07) is 0. The second-order valence-electron chi connectivity index (χ2n) is 4.88. The van der Waals surface area contributed by atoms with Gasteiger partial charge < -0.3 is 10.1 Å². The Hall–Kier alpha value is -1.62. The van der Waals surface area contributed by atoms with Crippen molar-refractivity contribution in [3.8, 4) is 0 Å². The minimum absolute atomic E-state index is 0.115. The van der Waals surface area contributed by atoms with Crippen LogP contribution < -0.4 is 5.32 Å². The Labute approximate surface area is 106 Å². The Morgan fingerprint density at radius 2 is 2.50 bits per heavy atom. The van der Waals surface area contributed by atoms with E-state index in [0.717, 1.165) is 29.8 Å². The quantitative estimate of drug-likeness (QED) is 0.762. The molecular weight excluding hydrogens is 230 g/mol. The summed E-state index contributed by atoms with van der Waals surface area (Å²) in [5.74, 6) is -0.115. The molecule has 96 valence electrons. The number of aromatic nitrogens is 2. The highest BCUT2D eigenvalue weighted by atomic mass is 16.5. The predicted octanol–water partition coefficient (Wildman–Crippen LogP) is 0.892. The smallest absolute Gasteiger partial charge is 0.317 e. The van der Waals surface area contributed by atoms with Crippen molar-refractivity contribution in [2.75, 3.05) is 19.7 Å². The number of fused-ring (bicyclic) bond motifs is 2. The third-order valence-electron chi connectivity index (χ3n) is 3.84. The molecule has 0 radical (unpaired) electrons. The van der Waals surface area contributed by atoms with Gasteiger partial charge in [-0.2, -0.15) is 5.10 Å². The zero-order valence-electron chi connectivity index (χ0n) is 10.5. The van der Waals surface area contributed by atoms with Crippen molar-refractivity contribution in [1.29, 1.82) is 0 Å². The normalized spacial score (nSPS) is 25.9. The zero-order valence-corrected chi connectivity index (χ0v) is 10.5. The van der Waals surface area contributed by atoms with Crippen LogP contribution in [0.25, 0.3) is 6.08 Å². The molecule has 0 spiro atoms. The molecule has 2 aliphatic rings. The molecule has 1 saturated heterocycles. The highest BCUT2D eigenvalue weighted by Gasteiger charge is 2.47. The Morgan fingerprint density at radius 3 is 3.33 bits per heavy atom. The molecule has 1 unspecified atom stereocenters. The van der Waals surface area contributed by atoms with Crippen molar-refractivity contribution >= 4 is 12.0 Å². The summed E-state index contributed by atoms with van der Waals surface area (Å²) in [7, 11) is 0. The lowest BCUT2D eigenvalue weighted by Crippen LogP contribution is -2.50. The number of ether oxygens (including phenoxy) is 1. The average Bonchev–Trinajstić information content (AvgIpc) is 2.82. The van der Waals surface area contributed by atoms with Gasteiger partial charge in [0, 0.05) is 6.54 Å². The van der Waals surface area contributed by atoms with Gasteiger partial charge in [0.15, 0.2) is 0 Å². The van der Waals surface area contributed by atoms with Crippen molar-refractivity contribution < 1.29 is 9.53 Å². The summed E-state index contributed by atoms with van der Waals surface area (Å²) in [5, 5.41) is 10.4.